The normalized spacial score (nSPS) is 26.1. The molecule has 1 fully saturated rings. The first-order chi connectivity index (χ1) is 4.79. The predicted octanol–water partition coefficient (Wildman–Crippen LogP) is -0.171. The molecule has 3 nitrogen and oxygen atoms in total. The molecule has 0 aliphatic carbocycles. The van der Waals surface area contributed by atoms with Gasteiger partial charge < -0.3 is 15.5 Å². The third kappa shape index (κ3) is 2.64. The fourth-order valence-corrected chi connectivity index (χ4v) is 1.35. The maximum Gasteiger partial charge on any atom is 0.151 e. The van der Waals surface area contributed by atoms with Gasteiger partial charge in [0.05, 0.1) is 0 Å². The van der Waals surface area contributed by atoms with Gasteiger partial charge >= 0.3 is 0 Å². The van der Waals surface area contributed by atoms with Crippen LogP contribution in [0.3, 0.4) is 0 Å². The summed E-state index contributed by atoms with van der Waals surface area (Å²) < 4.78 is 0. The van der Waals surface area contributed by atoms with Gasteiger partial charge in [-0.05, 0) is 32.2 Å². The molecule has 3 heteroatoms. The summed E-state index contributed by atoms with van der Waals surface area (Å²) in [5, 5.41) is 20.4. The van der Waals surface area contributed by atoms with E-state index in [1.807, 2.05) is 0 Å². The zero-order chi connectivity index (χ0) is 7.40. The Morgan fingerprint density at radius 1 is 1.50 bits per heavy atom. The molecule has 0 aromatic carbocycles. The van der Waals surface area contributed by atoms with Gasteiger partial charge in [0.15, 0.2) is 6.29 Å². The van der Waals surface area contributed by atoms with E-state index in [0.29, 0.717) is 12.5 Å². The van der Waals surface area contributed by atoms with Crippen LogP contribution < -0.4 is 5.32 Å². The topological polar surface area (TPSA) is 52.5 Å². The van der Waals surface area contributed by atoms with Crippen LogP contribution in [0.5, 0.6) is 0 Å². The second kappa shape index (κ2) is 3.91. The van der Waals surface area contributed by atoms with Crippen molar-refractivity contribution in [2.75, 3.05) is 6.54 Å². The van der Waals surface area contributed by atoms with Crippen LogP contribution in [0.4, 0.5) is 0 Å². The molecule has 60 valence electrons. The van der Waals surface area contributed by atoms with Crippen LogP contribution in [0.2, 0.25) is 0 Å². The summed E-state index contributed by atoms with van der Waals surface area (Å²) in [4.78, 5) is 0. The van der Waals surface area contributed by atoms with Gasteiger partial charge in [-0.25, -0.2) is 0 Å². The lowest BCUT2D eigenvalue weighted by Gasteiger charge is -2.09. The third-order valence-electron chi connectivity index (χ3n) is 1.94. The Morgan fingerprint density at radius 3 is 2.80 bits per heavy atom. The van der Waals surface area contributed by atoms with Gasteiger partial charge in [0.25, 0.3) is 0 Å². The number of aliphatic hydroxyl groups excluding tert-OH is 1. The molecule has 10 heavy (non-hydrogen) atoms. The highest BCUT2D eigenvalue weighted by atomic mass is 16.5. The summed E-state index contributed by atoms with van der Waals surface area (Å²) in [6.07, 6.45) is 2.68. The molecule has 0 bridgehead atoms. The van der Waals surface area contributed by atoms with E-state index < -0.39 is 6.29 Å². The van der Waals surface area contributed by atoms with Crippen molar-refractivity contribution in [3.8, 4) is 0 Å². The highest BCUT2D eigenvalue weighted by Crippen LogP contribution is 2.10. The number of hydrogen-bond donors (Lipinski definition) is 3. The number of nitrogens with one attached hydrogen (secondary N) is 1. The van der Waals surface area contributed by atoms with E-state index in [1.165, 1.54) is 12.8 Å². The van der Waals surface area contributed by atoms with E-state index in [2.05, 4.69) is 5.32 Å². The quantitative estimate of drug-likeness (QED) is 0.483. The summed E-state index contributed by atoms with van der Waals surface area (Å²) >= 11 is 0. The van der Waals surface area contributed by atoms with E-state index in [1.54, 1.807) is 0 Å². The van der Waals surface area contributed by atoms with Gasteiger partial charge in [0, 0.05) is 6.04 Å². The summed E-state index contributed by atoms with van der Waals surface area (Å²) in [6, 6.07) is 0.529. The lowest BCUT2D eigenvalue weighted by Crippen LogP contribution is -2.22. The average molecular weight is 145 g/mol. The molecular formula is C7H15NO2. The van der Waals surface area contributed by atoms with Crippen LogP contribution in [0.25, 0.3) is 0 Å². The third-order valence-corrected chi connectivity index (χ3v) is 1.94. The Bertz CT molecular complexity index is 89.6. The minimum atomic E-state index is -1.12. The second-order valence-corrected chi connectivity index (χ2v) is 2.85. The van der Waals surface area contributed by atoms with Crippen molar-refractivity contribution in [3.05, 3.63) is 0 Å². The molecule has 1 aliphatic heterocycles. The lowest BCUT2D eigenvalue weighted by atomic mass is 10.1. The molecule has 3 N–H and O–H groups in total. The largest absolute Gasteiger partial charge is 0.368 e. The van der Waals surface area contributed by atoms with Crippen molar-refractivity contribution in [1.82, 2.24) is 5.32 Å². The Balaban J connectivity index is 2.01. The van der Waals surface area contributed by atoms with Gasteiger partial charge in [-0.1, -0.05) is 0 Å². The van der Waals surface area contributed by atoms with Gasteiger partial charge in [0.1, 0.15) is 0 Å². The fourth-order valence-electron chi connectivity index (χ4n) is 1.35. The molecule has 1 saturated heterocycles. The fraction of sp³-hybridized carbons (Fsp3) is 1.00. The Kier molecular flexibility index (Phi) is 3.12. The Hall–Kier alpha value is -0.120. The van der Waals surface area contributed by atoms with Crippen LogP contribution in [0.1, 0.15) is 25.7 Å². The van der Waals surface area contributed by atoms with E-state index in [4.69, 9.17) is 10.2 Å². The van der Waals surface area contributed by atoms with Gasteiger partial charge in [-0.2, -0.15) is 0 Å². The number of rotatable bonds is 3. The molecule has 1 atom stereocenters. The van der Waals surface area contributed by atoms with Crippen LogP contribution in [-0.4, -0.2) is 29.1 Å². The lowest BCUT2D eigenvalue weighted by molar-refractivity contribution is -0.0475. The first kappa shape index (κ1) is 7.98. The smallest absolute Gasteiger partial charge is 0.151 e. The maximum absolute atomic E-state index is 8.54. The molecule has 1 unspecified atom stereocenters. The predicted molar refractivity (Wildman–Crippen MR) is 38.5 cm³/mol. The van der Waals surface area contributed by atoms with Crippen LogP contribution in [0, 0.1) is 0 Å². The van der Waals surface area contributed by atoms with E-state index in [-0.39, 0.29) is 0 Å². The maximum atomic E-state index is 8.54. The standard InChI is InChI=1S/C7H15NO2/c9-7(10)4-3-6-2-1-5-8-6/h6-10H,1-5H2. The summed E-state index contributed by atoms with van der Waals surface area (Å²) in [7, 11) is 0. The average Bonchev–Trinajstić information content (AvgIpc) is 2.34. The molecule has 0 spiro atoms. The van der Waals surface area contributed by atoms with Crippen molar-refractivity contribution < 1.29 is 10.2 Å². The van der Waals surface area contributed by atoms with E-state index in [9.17, 15) is 0 Å². The van der Waals surface area contributed by atoms with Crippen molar-refractivity contribution in [2.24, 2.45) is 0 Å². The van der Waals surface area contributed by atoms with Gasteiger partial charge in [0.2, 0.25) is 0 Å². The Labute approximate surface area is 61.1 Å². The first-order valence-electron chi connectivity index (χ1n) is 3.88. The molecule has 1 aliphatic rings. The summed E-state index contributed by atoms with van der Waals surface area (Å²) in [5.41, 5.74) is 0. The second-order valence-electron chi connectivity index (χ2n) is 2.85. The highest BCUT2D eigenvalue weighted by molar-refractivity contribution is 4.73. The monoisotopic (exact) mass is 145 g/mol. The van der Waals surface area contributed by atoms with Crippen molar-refractivity contribution >= 4 is 0 Å². The first-order valence-corrected chi connectivity index (χ1v) is 3.88. The van der Waals surface area contributed by atoms with Crippen LogP contribution in [0.15, 0.2) is 0 Å². The number of hydrogen-bond acceptors (Lipinski definition) is 3. The van der Waals surface area contributed by atoms with Gasteiger partial charge in [-0.3, -0.25) is 0 Å². The van der Waals surface area contributed by atoms with Crippen LogP contribution in [-0.2, 0) is 0 Å². The molecule has 0 aromatic rings. The SMILES string of the molecule is OC(O)CCC1CCCN1. The molecule has 0 aromatic heterocycles. The molecule has 1 heterocycles. The molecular weight excluding hydrogens is 130 g/mol. The summed E-state index contributed by atoms with van der Waals surface area (Å²) in [6.45, 7) is 1.09. The summed E-state index contributed by atoms with van der Waals surface area (Å²) in [5.74, 6) is 0. The van der Waals surface area contributed by atoms with Crippen LogP contribution >= 0.6 is 0 Å². The Morgan fingerprint density at radius 2 is 2.30 bits per heavy atom. The zero-order valence-corrected chi connectivity index (χ0v) is 6.08. The van der Waals surface area contributed by atoms with E-state index in [0.717, 1.165) is 13.0 Å². The zero-order valence-electron chi connectivity index (χ0n) is 6.08. The molecule has 1 rings (SSSR count). The minimum Gasteiger partial charge on any atom is -0.368 e. The van der Waals surface area contributed by atoms with Crippen molar-refractivity contribution in [1.29, 1.82) is 0 Å². The van der Waals surface area contributed by atoms with Crippen molar-refractivity contribution in [3.63, 3.8) is 0 Å². The van der Waals surface area contributed by atoms with Gasteiger partial charge in [-0.15, -0.1) is 0 Å². The molecule has 0 amide bonds. The van der Waals surface area contributed by atoms with E-state index >= 15 is 0 Å². The van der Waals surface area contributed by atoms with Crippen molar-refractivity contribution in [2.45, 2.75) is 38.0 Å². The molecule has 0 saturated carbocycles. The minimum absolute atomic E-state index is 0.498. The molecule has 0 radical (unpaired) electrons. The highest BCUT2D eigenvalue weighted by Gasteiger charge is 2.14. The number of aliphatic hydroxyl groups is 2.